The van der Waals surface area contributed by atoms with Crippen LogP contribution in [0.25, 0.3) is 0 Å². The van der Waals surface area contributed by atoms with Crippen LogP contribution >= 0.6 is 0 Å². The van der Waals surface area contributed by atoms with Crippen LogP contribution in [0.2, 0.25) is 0 Å². The van der Waals surface area contributed by atoms with Gasteiger partial charge < -0.3 is 15.8 Å². The normalized spacial score (nSPS) is 30.1. The second kappa shape index (κ2) is 5.92. The lowest BCUT2D eigenvalue weighted by molar-refractivity contribution is 0.148. The average Bonchev–Trinajstić information content (AvgIpc) is 2.94. The van der Waals surface area contributed by atoms with Crippen molar-refractivity contribution in [2.24, 2.45) is 23.5 Å². The molecule has 2 rings (SSSR count). The van der Waals surface area contributed by atoms with Gasteiger partial charge in [-0.05, 0) is 30.6 Å². The van der Waals surface area contributed by atoms with Crippen molar-refractivity contribution in [2.75, 3.05) is 19.7 Å². The zero-order valence-electron chi connectivity index (χ0n) is 10.1. The molecule has 0 aromatic carbocycles. The number of carbonyl (C=O) groups is 1. The minimum absolute atomic E-state index is 0.289. The molecule has 0 bridgehead atoms. The summed E-state index contributed by atoms with van der Waals surface area (Å²) in [5.74, 6) is 8.52. The Morgan fingerprint density at radius 3 is 2.53 bits per heavy atom. The van der Waals surface area contributed by atoms with E-state index in [1.807, 2.05) is 0 Å². The summed E-state index contributed by atoms with van der Waals surface area (Å²) in [6.45, 7) is 1.40. The lowest BCUT2D eigenvalue weighted by Gasteiger charge is -2.05. The first-order chi connectivity index (χ1) is 8.33. The number of nitrogens with one attached hydrogen (secondary N) is 1. The largest absolute Gasteiger partial charge is 0.448 e. The van der Waals surface area contributed by atoms with E-state index in [1.54, 1.807) is 0 Å². The number of amides is 1. The van der Waals surface area contributed by atoms with Gasteiger partial charge in [-0.1, -0.05) is 0 Å². The zero-order chi connectivity index (χ0) is 12.1. The molecule has 17 heavy (non-hydrogen) atoms. The summed E-state index contributed by atoms with van der Waals surface area (Å²) in [6, 6.07) is 0. The van der Waals surface area contributed by atoms with Crippen molar-refractivity contribution in [1.82, 2.24) is 5.32 Å². The number of hydrogen-bond donors (Lipinski definition) is 2. The Morgan fingerprint density at radius 1 is 1.29 bits per heavy atom. The molecule has 2 atom stereocenters. The summed E-state index contributed by atoms with van der Waals surface area (Å²) in [5, 5.41) is 2.82. The maximum absolute atomic E-state index is 11.3. The van der Waals surface area contributed by atoms with Crippen LogP contribution in [0.1, 0.15) is 25.7 Å². The smallest absolute Gasteiger partial charge is 0.407 e. The molecule has 1 saturated carbocycles. The van der Waals surface area contributed by atoms with Gasteiger partial charge >= 0.3 is 6.09 Å². The topological polar surface area (TPSA) is 64.3 Å². The van der Waals surface area contributed by atoms with Gasteiger partial charge in [-0.3, -0.25) is 0 Å². The Bertz CT molecular complexity index is 314. The fourth-order valence-corrected chi connectivity index (χ4v) is 2.74. The zero-order valence-corrected chi connectivity index (χ0v) is 10.1. The van der Waals surface area contributed by atoms with Crippen molar-refractivity contribution in [1.29, 1.82) is 0 Å². The van der Waals surface area contributed by atoms with Gasteiger partial charge in [-0.15, -0.1) is 11.8 Å². The van der Waals surface area contributed by atoms with Crippen LogP contribution < -0.4 is 11.1 Å². The summed E-state index contributed by atoms with van der Waals surface area (Å²) in [6.07, 6.45) is 4.04. The molecule has 0 spiro atoms. The van der Waals surface area contributed by atoms with Crippen molar-refractivity contribution >= 4 is 6.09 Å². The fraction of sp³-hybridized carbons (Fsp3) is 0.769. The molecule has 1 amide bonds. The molecule has 0 aromatic heterocycles. The Hall–Kier alpha value is -1.21. The van der Waals surface area contributed by atoms with E-state index in [-0.39, 0.29) is 12.7 Å². The minimum atomic E-state index is -0.342. The van der Waals surface area contributed by atoms with Crippen LogP contribution in [0, 0.1) is 29.6 Å². The van der Waals surface area contributed by atoms with E-state index in [0.29, 0.717) is 12.5 Å². The lowest BCUT2D eigenvalue weighted by atomic mass is 10.1. The number of carbonyl (C=O) groups excluding carboxylic acids is 1. The summed E-state index contributed by atoms with van der Waals surface area (Å²) in [4.78, 5) is 11.3. The predicted molar refractivity (Wildman–Crippen MR) is 65.1 cm³/mol. The van der Waals surface area contributed by atoms with Gasteiger partial charge in [0.2, 0.25) is 0 Å². The van der Waals surface area contributed by atoms with Gasteiger partial charge in [0.1, 0.15) is 6.61 Å². The van der Waals surface area contributed by atoms with Crippen molar-refractivity contribution in [3.63, 3.8) is 0 Å². The first kappa shape index (κ1) is 12.3. The molecule has 0 saturated heterocycles. The second-order valence-electron chi connectivity index (χ2n) is 4.73. The highest BCUT2D eigenvalue weighted by molar-refractivity contribution is 5.67. The first-order valence-corrected chi connectivity index (χ1v) is 6.39. The van der Waals surface area contributed by atoms with E-state index in [0.717, 1.165) is 31.2 Å². The monoisotopic (exact) mass is 236 g/mol. The maximum atomic E-state index is 11.3. The van der Waals surface area contributed by atoms with Crippen LogP contribution in [0.5, 0.6) is 0 Å². The molecule has 0 heterocycles. The van der Waals surface area contributed by atoms with E-state index in [2.05, 4.69) is 17.2 Å². The molecule has 0 aromatic rings. The molecule has 0 radical (unpaired) electrons. The standard InChI is InChI=1S/C13H20N2O2/c14-7-8-17-13(16)15-9-12-10-5-3-1-2-4-6-11(10)12/h10-12H,3-9,14H2,(H,15,16). The van der Waals surface area contributed by atoms with Gasteiger partial charge in [-0.2, -0.15) is 0 Å². The average molecular weight is 236 g/mol. The number of nitrogens with two attached hydrogens (primary N) is 1. The lowest BCUT2D eigenvalue weighted by Crippen LogP contribution is -2.28. The first-order valence-electron chi connectivity index (χ1n) is 6.39. The highest BCUT2D eigenvalue weighted by Gasteiger charge is 2.48. The van der Waals surface area contributed by atoms with Crippen molar-refractivity contribution in [3.05, 3.63) is 0 Å². The third-order valence-electron chi connectivity index (χ3n) is 3.67. The predicted octanol–water partition coefficient (Wildman–Crippen LogP) is 1.11. The Labute approximate surface area is 102 Å². The minimum Gasteiger partial charge on any atom is -0.448 e. The molecular weight excluding hydrogens is 216 g/mol. The van der Waals surface area contributed by atoms with E-state index in [9.17, 15) is 4.79 Å². The molecule has 3 N–H and O–H groups in total. The summed E-state index contributed by atoms with van der Waals surface area (Å²) in [7, 11) is 0. The quantitative estimate of drug-likeness (QED) is 0.719. The molecule has 4 heteroatoms. The molecule has 2 unspecified atom stereocenters. The van der Waals surface area contributed by atoms with Gasteiger partial charge in [0.05, 0.1) is 0 Å². The van der Waals surface area contributed by atoms with Crippen LogP contribution in [-0.4, -0.2) is 25.8 Å². The number of hydrogen-bond acceptors (Lipinski definition) is 3. The summed E-state index contributed by atoms with van der Waals surface area (Å²) in [5.41, 5.74) is 5.26. The highest BCUT2D eigenvalue weighted by Crippen LogP contribution is 2.51. The number of rotatable bonds is 4. The Balaban J connectivity index is 1.66. The summed E-state index contributed by atoms with van der Waals surface area (Å²) >= 11 is 0. The molecule has 0 aliphatic heterocycles. The van der Waals surface area contributed by atoms with E-state index < -0.39 is 0 Å². The molecule has 4 nitrogen and oxygen atoms in total. The third kappa shape index (κ3) is 3.37. The van der Waals surface area contributed by atoms with Gasteiger partial charge in [0.25, 0.3) is 0 Å². The number of ether oxygens (including phenoxy) is 1. The third-order valence-corrected chi connectivity index (χ3v) is 3.67. The molecule has 94 valence electrons. The Morgan fingerprint density at radius 2 is 1.94 bits per heavy atom. The van der Waals surface area contributed by atoms with Crippen LogP contribution in [0.3, 0.4) is 0 Å². The van der Waals surface area contributed by atoms with E-state index >= 15 is 0 Å². The highest BCUT2D eigenvalue weighted by atomic mass is 16.5. The van der Waals surface area contributed by atoms with Crippen molar-refractivity contribution in [2.45, 2.75) is 25.7 Å². The number of alkyl carbamates (subject to hydrolysis) is 1. The van der Waals surface area contributed by atoms with Crippen molar-refractivity contribution in [3.8, 4) is 11.8 Å². The van der Waals surface area contributed by atoms with Gasteiger partial charge in [0.15, 0.2) is 0 Å². The maximum Gasteiger partial charge on any atom is 0.407 e. The molecule has 1 fully saturated rings. The Kier molecular flexibility index (Phi) is 4.27. The van der Waals surface area contributed by atoms with E-state index in [1.165, 1.54) is 12.8 Å². The number of fused-ring (bicyclic) bond motifs is 1. The SMILES string of the molecule is NCCOC(=O)NCC1C2CCC#CCCC21. The van der Waals surface area contributed by atoms with Crippen LogP contribution in [0.4, 0.5) is 4.79 Å². The van der Waals surface area contributed by atoms with Gasteiger partial charge in [0, 0.05) is 25.9 Å². The van der Waals surface area contributed by atoms with Crippen LogP contribution in [-0.2, 0) is 4.74 Å². The molecule has 2 aliphatic carbocycles. The summed E-state index contributed by atoms with van der Waals surface area (Å²) < 4.78 is 4.87. The van der Waals surface area contributed by atoms with Crippen LogP contribution in [0.15, 0.2) is 0 Å². The fourth-order valence-electron chi connectivity index (χ4n) is 2.74. The second-order valence-corrected chi connectivity index (χ2v) is 4.73. The molecular formula is C13H20N2O2. The molecule has 2 aliphatic rings. The van der Waals surface area contributed by atoms with E-state index in [4.69, 9.17) is 10.5 Å². The van der Waals surface area contributed by atoms with Crippen molar-refractivity contribution < 1.29 is 9.53 Å². The van der Waals surface area contributed by atoms with Gasteiger partial charge in [-0.25, -0.2) is 4.79 Å².